The smallest absolute Gasteiger partial charge is 0.272 e. The van der Waals surface area contributed by atoms with E-state index in [0.717, 1.165) is 16.7 Å². The van der Waals surface area contributed by atoms with E-state index in [2.05, 4.69) is 10.6 Å². The van der Waals surface area contributed by atoms with Crippen molar-refractivity contribution >= 4 is 35.4 Å². The SMILES string of the molecule is COc1cc(/C=C(\NC(=O)c2ccccc2)C(=O)Nc2ccc(C(=O)/C=C/c3ccc(-c4ccccc4)cc3)cc2)cc(OC)c1OC. The third-order valence-electron chi connectivity index (χ3n) is 7.40. The van der Waals surface area contributed by atoms with E-state index in [9.17, 15) is 14.4 Å². The van der Waals surface area contributed by atoms with Crippen molar-refractivity contribution in [2.75, 3.05) is 26.6 Å². The van der Waals surface area contributed by atoms with Crippen LogP contribution in [0.5, 0.6) is 17.2 Å². The lowest BCUT2D eigenvalue weighted by Gasteiger charge is -2.14. The minimum absolute atomic E-state index is 0.0282. The van der Waals surface area contributed by atoms with E-state index in [4.69, 9.17) is 14.2 Å². The van der Waals surface area contributed by atoms with Crippen LogP contribution in [0.3, 0.4) is 0 Å². The lowest BCUT2D eigenvalue weighted by atomic mass is 10.0. The second-order valence-electron chi connectivity index (χ2n) is 10.6. The summed E-state index contributed by atoms with van der Waals surface area (Å²) in [7, 11) is 4.47. The highest BCUT2D eigenvalue weighted by molar-refractivity contribution is 6.11. The minimum atomic E-state index is -0.578. The van der Waals surface area contributed by atoms with Crippen LogP contribution in [0, 0.1) is 0 Å². The third-order valence-corrected chi connectivity index (χ3v) is 7.40. The van der Waals surface area contributed by atoms with Crippen LogP contribution in [0.2, 0.25) is 0 Å². The summed E-state index contributed by atoms with van der Waals surface area (Å²) in [4.78, 5) is 39.5. The molecule has 0 atom stereocenters. The molecule has 0 aromatic heterocycles. The van der Waals surface area contributed by atoms with Gasteiger partial charge in [0.25, 0.3) is 11.8 Å². The predicted molar refractivity (Wildman–Crippen MR) is 188 cm³/mol. The zero-order valence-corrected chi connectivity index (χ0v) is 26.7. The molecular weight excluding hydrogens is 604 g/mol. The van der Waals surface area contributed by atoms with E-state index in [1.165, 1.54) is 33.5 Å². The number of anilines is 1. The first-order chi connectivity index (χ1) is 23.4. The summed E-state index contributed by atoms with van der Waals surface area (Å²) in [6, 6.07) is 36.4. The van der Waals surface area contributed by atoms with Crippen molar-refractivity contribution in [3.8, 4) is 28.4 Å². The van der Waals surface area contributed by atoms with Gasteiger partial charge >= 0.3 is 0 Å². The molecule has 5 aromatic rings. The van der Waals surface area contributed by atoms with Crippen LogP contribution in [0.25, 0.3) is 23.3 Å². The molecule has 0 heterocycles. The van der Waals surface area contributed by atoms with Crippen molar-refractivity contribution in [1.29, 1.82) is 0 Å². The fraction of sp³-hybridized carbons (Fsp3) is 0.0750. The largest absolute Gasteiger partial charge is 0.493 e. The lowest BCUT2D eigenvalue weighted by molar-refractivity contribution is -0.113. The monoisotopic (exact) mass is 638 g/mol. The average Bonchev–Trinajstić information content (AvgIpc) is 3.14. The number of hydrogen-bond acceptors (Lipinski definition) is 6. The number of allylic oxidation sites excluding steroid dienone is 1. The molecule has 0 saturated carbocycles. The van der Waals surface area contributed by atoms with Gasteiger partial charge in [-0.25, -0.2) is 0 Å². The number of rotatable bonds is 12. The molecular formula is C40H34N2O6. The maximum Gasteiger partial charge on any atom is 0.272 e. The number of amides is 2. The van der Waals surface area contributed by atoms with Gasteiger partial charge in [0, 0.05) is 16.8 Å². The Labute approximate surface area is 279 Å². The predicted octanol–water partition coefficient (Wildman–Crippen LogP) is 7.69. The Hall–Kier alpha value is -6.41. The van der Waals surface area contributed by atoms with Crippen LogP contribution < -0.4 is 24.8 Å². The fourth-order valence-electron chi connectivity index (χ4n) is 4.90. The summed E-state index contributed by atoms with van der Waals surface area (Å²) in [6.45, 7) is 0. The Balaban J connectivity index is 1.32. The normalized spacial score (nSPS) is 11.1. The number of nitrogens with one attached hydrogen (secondary N) is 2. The Bertz CT molecular complexity index is 1920. The first-order valence-corrected chi connectivity index (χ1v) is 15.1. The number of ether oxygens (including phenoxy) is 3. The molecule has 0 unspecified atom stereocenters. The first-order valence-electron chi connectivity index (χ1n) is 15.1. The molecule has 0 spiro atoms. The van der Waals surface area contributed by atoms with Gasteiger partial charge in [-0.1, -0.05) is 78.9 Å². The van der Waals surface area contributed by atoms with Crippen molar-refractivity contribution in [3.63, 3.8) is 0 Å². The van der Waals surface area contributed by atoms with Crippen LogP contribution in [-0.4, -0.2) is 38.9 Å². The summed E-state index contributed by atoms with van der Waals surface area (Å²) in [5, 5.41) is 5.52. The van der Waals surface area contributed by atoms with Crippen LogP contribution in [0.15, 0.2) is 133 Å². The molecule has 0 aliphatic rings. The Kier molecular flexibility index (Phi) is 10.8. The highest BCUT2D eigenvalue weighted by Gasteiger charge is 2.18. The zero-order valence-electron chi connectivity index (χ0n) is 26.7. The van der Waals surface area contributed by atoms with Gasteiger partial charge in [-0.3, -0.25) is 14.4 Å². The number of benzene rings is 5. The molecule has 5 rings (SSSR count). The van der Waals surface area contributed by atoms with E-state index >= 15 is 0 Å². The summed E-state index contributed by atoms with van der Waals surface area (Å²) in [6.07, 6.45) is 4.79. The molecule has 240 valence electrons. The maximum absolute atomic E-state index is 13.5. The molecule has 2 amide bonds. The van der Waals surface area contributed by atoms with Gasteiger partial charge in [0.1, 0.15) is 5.70 Å². The number of carbonyl (C=O) groups excluding carboxylic acids is 3. The molecule has 8 heteroatoms. The van der Waals surface area contributed by atoms with Crippen molar-refractivity contribution in [1.82, 2.24) is 5.32 Å². The summed E-state index contributed by atoms with van der Waals surface area (Å²) >= 11 is 0. The first kappa shape index (κ1) is 33.0. The topological polar surface area (TPSA) is 103 Å². The highest BCUT2D eigenvalue weighted by Crippen LogP contribution is 2.38. The van der Waals surface area contributed by atoms with E-state index in [1.807, 2.05) is 54.6 Å². The standard InChI is InChI=1S/C40H34N2O6/c1-46-36-25-28(26-37(47-2)38(36)48-3)24-34(42-39(44)32-12-8-5-9-13-32)40(45)41-33-21-19-31(20-22-33)35(43)23-16-27-14-17-30(18-15-27)29-10-6-4-7-11-29/h4-26H,1-3H3,(H,41,45)(H,42,44)/b23-16+,34-24-. The molecule has 48 heavy (non-hydrogen) atoms. The molecule has 5 aromatic carbocycles. The molecule has 0 radical (unpaired) electrons. The van der Waals surface area contributed by atoms with Crippen molar-refractivity contribution in [3.05, 3.63) is 155 Å². The number of carbonyl (C=O) groups is 3. The van der Waals surface area contributed by atoms with E-state index in [1.54, 1.807) is 72.8 Å². The average molecular weight is 639 g/mol. The van der Waals surface area contributed by atoms with Crippen molar-refractivity contribution in [2.24, 2.45) is 0 Å². The maximum atomic E-state index is 13.5. The van der Waals surface area contributed by atoms with Gasteiger partial charge in [-0.15, -0.1) is 0 Å². The van der Waals surface area contributed by atoms with Gasteiger partial charge < -0.3 is 24.8 Å². The highest BCUT2D eigenvalue weighted by atomic mass is 16.5. The molecule has 0 aliphatic heterocycles. The molecule has 0 fully saturated rings. The Morgan fingerprint density at radius 2 is 1.19 bits per heavy atom. The number of methoxy groups -OCH3 is 3. The molecule has 8 nitrogen and oxygen atoms in total. The molecule has 0 bridgehead atoms. The summed E-state index contributed by atoms with van der Waals surface area (Å²) < 4.78 is 16.3. The molecule has 0 aliphatic carbocycles. The molecule has 0 saturated heterocycles. The minimum Gasteiger partial charge on any atom is -0.493 e. The van der Waals surface area contributed by atoms with Gasteiger partial charge in [-0.05, 0) is 82.9 Å². The van der Waals surface area contributed by atoms with E-state index in [0.29, 0.717) is 39.6 Å². The summed E-state index contributed by atoms with van der Waals surface area (Å²) in [5.41, 5.74) is 4.87. The summed E-state index contributed by atoms with van der Waals surface area (Å²) in [5.74, 6) is -0.0654. The number of ketones is 1. The fourth-order valence-corrected chi connectivity index (χ4v) is 4.90. The van der Waals surface area contributed by atoms with Crippen LogP contribution >= 0.6 is 0 Å². The second-order valence-corrected chi connectivity index (χ2v) is 10.6. The second kappa shape index (κ2) is 15.7. The van der Waals surface area contributed by atoms with Crippen molar-refractivity contribution in [2.45, 2.75) is 0 Å². The van der Waals surface area contributed by atoms with Crippen molar-refractivity contribution < 1.29 is 28.6 Å². The van der Waals surface area contributed by atoms with Crippen LogP contribution in [0.4, 0.5) is 5.69 Å². The quantitative estimate of drug-likeness (QED) is 0.107. The van der Waals surface area contributed by atoms with E-state index < -0.39 is 11.8 Å². The van der Waals surface area contributed by atoms with Gasteiger partial charge in [0.2, 0.25) is 5.75 Å². The van der Waals surface area contributed by atoms with E-state index in [-0.39, 0.29) is 11.5 Å². The Morgan fingerprint density at radius 1 is 0.604 bits per heavy atom. The lowest BCUT2D eigenvalue weighted by Crippen LogP contribution is -2.30. The number of hydrogen-bond donors (Lipinski definition) is 2. The molecule has 2 N–H and O–H groups in total. The van der Waals surface area contributed by atoms with Gasteiger partial charge in [0.05, 0.1) is 21.3 Å². The Morgan fingerprint density at radius 3 is 1.77 bits per heavy atom. The zero-order chi connectivity index (χ0) is 33.9. The van der Waals surface area contributed by atoms with Gasteiger partial charge in [0.15, 0.2) is 17.3 Å². The van der Waals surface area contributed by atoms with Gasteiger partial charge in [-0.2, -0.15) is 0 Å². The third kappa shape index (κ3) is 8.24. The van der Waals surface area contributed by atoms with Crippen LogP contribution in [-0.2, 0) is 4.79 Å². The van der Waals surface area contributed by atoms with Crippen LogP contribution in [0.1, 0.15) is 31.8 Å².